The second kappa shape index (κ2) is 10.5. The Balaban J connectivity index is 1.68. The van der Waals surface area contributed by atoms with Gasteiger partial charge in [-0.25, -0.2) is 0 Å². The number of aryl methyl sites for hydroxylation is 1. The molecule has 1 heterocycles. The molecule has 30 heavy (non-hydrogen) atoms. The van der Waals surface area contributed by atoms with Crippen molar-refractivity contribution in [2.75, 3.05) is 11.9 Å². The number of carbonyl (C=O) groups is 2. The summed E-state index contributed by atoms with van der Waals surface area (Å²) in [5.41, 5.74) is 7.54. The van der Waals surface area contributed by atoms with Gasteiger partial charge in [0.2, 0.25) is 0 Å². The molecule has 0 atom stereocenters. The average molecular weight is 446 g/mol. The average Bonchev–Trinajstić information content (AvgIpc) is 3.09. The van der Waals surface area contributed by atoms with Crippen molar-refractivity contribution in [1.82, 2.24) is 5.32 Å². The first-order chi connectivity index (χ1) is 14.5. The van der Waals surface area contributed by atoms with Gasteiger partial charge in [0, 0.05) is 4.88 Å². The fourth-order valence-corrected chi connectivity index (χ4v) is 5.09. The van der Waals surface area contributed by atoms with Crippen LogP contribution in [0.25, 0.3) is 0 Å². The van der Waals surface area contributed by atoms with E-state index in [1.54, 1.807) is 18.2 Å². The van der Waals surface area contributed by atoms with Crippen molar-refractivity contribution in [2.45, 2.75) is 51.9 Å². The summed E-state index contributed by atoms with van der Waals surface area (Å²) in [5, 5.41) is 6.42. The molecule has 8 heteroatoms. The van der Waals surface area contributed by atoms with Crippen molar-refractivity contribution in [3.05, 3.63) is 45.8 Å². The summed E-state index contributed by atoms with van der Waals surface area (Å²) >= 11 is 6.82. The number of benzene rings is 1. The molecular weight excluding hydrogens is 418 g/mol. The van der Waals surface area contributed by atoms with Crippen LogP contribution in [0, 0.1) is 0 Å². The Bertz CT molecular complexity index is 940. The third-order valence-corrected chi connectivity index (χ3v) is 6.42. The summed E-state index contributed by atoms with van der Waals surface area (Å²) in [6, 6.07) is 7.09. The van der Waals surface area contributed by atoms with Crippen LogP contribution in [0.3, 0.4) is 0 Å². The van der Waals surface area contributed by atoms with E-state index in [4.69, 9.17) is 22.7 Å². The first-order valence-corrected chi connectivity index (χ1v) is 11.5. The molecule has 1 aliphatic carbocycles. The molecule has 6 nitrogen and oxygen atoms in total. The quantitative estimate of drug-likeness (QED) is 0.413. The molecule has 0 fully saturated rings. The van der Waals surface area contributed by atoms with Crippen LogP contribution in [0.15, 0.2) is 24.3 Å². The second-order valence-corrected chi connectivity index (χ2v) is 8.75. The number of primary amides is 1. The third-order valence-electron chi connectivity index (χ3n) is 5.01. The number of fused-ring (bicyclic) bond motifs is 1. The molecule has 0 saturated carbocycles. The predicted molar refractivity (Wildman–Crippen MR) is 125 cm³/mol. The van der Waals surface area contributed by atoms with Crippen molar-refractivity contribution < 1.29 is 14.3 Å². The number of unbranched alkanes of at least 4 members (excludes halogenated alkanes) is 2. The van der Waals surface area contributed by atoms with Crippen LogP contribution in [-0.2, 0) is 12.8 Å². The Morgan fingerprint density at radius 3 is 2.73 bits per heavy atom. The Kier molecular flexibility index (Phi) is 7.81. The van der Waals surface area contributed by atoms with Gasteiger partial charge in [0.1, 0.15) is 10.8 Å². The van der Waals surface area contributed by atoms with Crippen LogP contribution >= 0.6 is 23.6 Å². The number of thiocarbonyl (C=S) groups is 1. The van der Waals surface area contributed by atoms with Gasteiger partial charge in [0.15, 0.2) is 5.11 Å². The zero-order chi connectivity index (χ0) is 21.5. The van der Waals surface area contributed by atoms with Crippen molar-refractivity contribution in [2.24, 2.45) is 5.73 Å². The lowest BCUT2D eigenvalue weighted by Crippen LogP contribution is -2.34. The standard InChI is InChI=1S/C22H27N3O3S2/c1-2-3-8-13-28-16-11-6-4-9-14(16)20(27)24-22(29)25-21-18(19(23)26)15-10-5-7-12-17(15)30-21/h4,6,9,11H,2-3,5,7-8,10,12-13H2,1H3,(H2,23,26)(H2,24,25,27,29). The molecule has 4 N–H and O–H groups in total. The molecule has 3 rings (SSSR count). The van der Waals surface area contributed by atoms with Gasteiger partial charge >= 0.3 is 0 Å². The zero-order valence-corrected chi connectivity index (χ0v) is 18.7. The van der Waals surface area contributed by atoms with E-state index in [0.717, 1.165) is 55.4 Å². The summed E-state index contributed by atoms with van der Waals surface area (Å²) in [7, 11) is 0. The number of hydrogen-bond acceptors (Lipinski definition) is 5. The van der Waals surface area contributed by atoms with Gasteiger partial charge in [0.05, 0.1) is 17.7 Å². The van der Waals surface area contributed by atoms with Crippen molar-refractivity contribution in [1.29, 1.82) is 0 Å². The summed E-state index contributed by atoms with van der Waals surface area (Å²) in [6.45, 7) is 2.69. The highest BCUT2D eigenvalue weighted by Crippen LogP contribution is 2.37. The number of ether oxygens (including phenoxy) is 1. The van der Waals surface area contributed by atoms with E-state index >= 15 is 0 Å². The van der Waals surface area contributed by atoms with Crippen molar-refractivity contribution in [3.8, 4) is 5.75 Å². The molecule has 1 aromatic heterocycles. The Hall–Kier alpha value is -2.45. The highest BCUT2D eigenvalue weighted by atomic mass is 32.1. The number of carbonyl (C=O) groups excluding carboxylic acids is 2. The first-order valence-electron chi connectivity index (χ1n) is 10.3. The highest BCUT2D eigenvalue weighted by Gasteiger charge is 2.25. The fraction of sp³-hybridized carbons (Fsp3) is 0.409. The van der Waals surface area contributed by atoms with Crippen LogP contribution in [0.2, 0.25) is 0 Å². The minimum Gasteiger partial charge on any atom is -0.493 e. The SMILES string of the molecule is CCCCCOc1ccccc1C(=O)NC(=S)Nc1sc2c(c1C(N)=O)CCCC2. The molecule has 0 aliphatic heterocycles. The van der Waals surface area contributed by atoms with E-state index < -0.39 is 5.91 Å². The van der Waals surface area contributed by atoms with Gasteiger partial charge < -0.3 is 15.8 Å². The maximum absolute atomic E-state index is 12.8. The van der Waals surface area contributed by atoms with E-state index in [9.17, 15) is 9.59 Å². The van der Waals surface area contributed by atoms with E-state index in [-0.39, 0.29) is 11.0 Å². The van der Waals surface area contributed by atoms with Crippen LogP contribution in [0.5, 0.6) is 5.75 Å². The topological polar surface area (TPSA) is 93.4 Å². The molecule has 2 aromatic rings. The largest absolute Gasteiger partial charge is 0.493 e. The molecule has 2 amide bonds. The first kappa shape index (κ1) is 22.2. The highest BCUT2D eigenvalue weighted by molar-refractivity contribution is 7.80. The maximum Gasteiger partial charge on any atom is 0.261 e. The molecule has 1 aliphatic rings. The van der Waals surface area contributed by atoms with Crippen molar-refractivity contribution in [3.63, 3.8) is 0 Å². The Morgan fingerprint density at radius 1 is 1.20 bits per heavy atom. The van der Waals surface area contributed by atoms with E-state index in [0.29, 0.717) is 28.5 Å². The van der Waals surface area contributed by atoms with Crippen molar-refractivity contribution >= 4 is 45.5 Å². The van der Waals surface area contributed by atoms with Crippen LogP contribution in [0.4, 0.5) is 5.00 Å². The Morgan fingerprint density at radius 2 is 1.97 bits per heavy atom. The summed E-state index contributed by atoms with van der Waals surface area (Å²) in [5.74, 6) is -0.310. The number of anilines is 1. The summed E-state index contributed by atoms with van der Waals surface area (Å²) in [4.78, 5) is 25.9. The Labute approximate surface area is 186 Å². The second-order valence-electron chi connectivity index (χ2n) is 7.24. The minimum atomic E-state index is -0.475. The van der Waals surface area contributed by atoms with Gasteiger partial charge in [-0.1, -0.05) is 31.9 Å². The van der Waals surface area contributed by atoms with Gasteiger partial charge in [-0.2, -0.15) is 0 Å². The monoisotopic (exact) mass is 445 g/mol. The predicted octanol–water partition coefficient (Wildman–Crippen LogP) is 4.42. The maximum atomic E-state index is 12.8. The number of hydrogen-bond donors (Lipinski definition) is 3. The lowest BCUT2D eigenvalue weighted by Gasteiger charge is -2.13. The lowest BCUT2D eigenvalue weighted by atomic mass is 9.95. The normalized spacial score (nSPS) is 12.7. The molecule has 1 aromatic carbocycles. The van der Waals surface area contributed by atoms with Gasteiger partial charge in [-0.15, -0.1) is 11.3 Å². The number of nitrogens with one attached hydrogen (secondary N) is 2. The molecule has 0 spiro atoms. The molecular formula is C22H27N3O3S2. The van der Waals surface area contributed by atoms with E-state index in [1.165, 1.54) is 11.3 Å². The number of thiophene rings is 1. The molecule has 0 unspecified atom stereocenters. The number of rotatable bonds is 8. The van der Waals surface area contributed by atoms with Crippen LogP contribution < -0.4 is 21.1 Å². The summed E-state index contributed by atoms with van der Waals surface area (Å²) in [6.07, 6.45) is 7.03. The molecule has 160 valence electrons. The number of amides is 2. The van der Waals surface area contributed by atoms with Gasteiger partial charge in [0.25, 0.3) is 11.8 Å². The van der Waals surface area contributed by atoms with Gasteiger partial charge in [-0.05, 0) is 62.0 Å². The number of nitrogens with two attached hydrogens (primary N) is 1. The molecule has 0 saturated heterocycles. The van der Waals surface area contributed by atoms with Crippen LogP contribution in [-0.4, -0.2) is 23.5 Å². The van der Waals surface area contributed by atoms with E-state index in [2.05, 4.69) is 17.6 Å². The molecule has 0 radical (unpaired) electrons. The zero-order valence-electron chi connectivity index (χ0n) is 17.1. The number of para-hydroxylation sites is 1. The molecule has 0 bridgehead atoms. The van der Waals surface area contributed by atoms with Gasteiger partial charge in [-0.3, -0.25) is 14.9 Å². The lowest BCUT2D eigenvalue weighted by molar-refractivity contribution is 0.0971. The van der Waals surface area contributed by atoms with E-state index in [1.807, 2.05) is 6.07 Å². The van der Waals surface area contributed by atoms with Crippen LogP contribution in [0.1, 0.15) is 70.2 Å². The fourth-order valence-electron chi connectivity index (χ4n) is 3.53. The minimum absolute atomic E-state index is 0.127. The smallest absolute Gasteiger partial charge is 0.261 e. The third kappa shape index (κ3) is 5.37. The summed E-state index contributed by atoms with van der Waals surface area (Å²) < 4.78 is 5.78.